The number of nitrogens with zero attached hydrogens (tertiary/aromatic N) is 1. The largest absolute Gasteiger partial charge is 0.472 e. The highest BCUT2D eigenvalue weighted by atomic mass is 16.3. The lowest BCUT2D eigenvalue weighted by atomic mass is 9.94. The topological polar surface area (TPSA) is 36.6 Å². The van der Waals surface area contributed by atoms with Crippen molar-refractivity contribution in [3.05, 3.63) is 24.2 Å². The number of aliphatic hydroxyl groups excluding tert-OH is 1. The molecule has 1 rings (SSSR count). The molecule has 0 atom stereocenters. The van der Waals surface area contributed by atoms with Crippen LogP contribution in [0.2, 0.25) is 0 Å². The van der Waals surface area contributed by atoms with E-state index in [0.717, 1.165) is 13.1 Å². The first-order chi connectivity index (χ1) is 6.53. The van der Waals surface area contributed by atoms with E-state index in [1.165, 1.54) is 5.56 Å². The molecule has 0 radical (unpaired) electrons. The van der Waals surface area contributed by atoms with Gasteiger partial charge in [-0.05, 0) is 13.1 Å². The van der Waals surface area contributed by atoms with E-state index in [9.17, 15) is 0 Å². The number of hydrogen-bond donors (Lipinski definition) is 1. The lowest BCUT2D eigenvalue weighted by molar-refractivity contribution is 0.112. The van der Waals surface area contributed by atoms with E-state index in [2.05, 4.69) is 18.7 Å². The van der Waals surface area contributed by atoms with Crippen LogP contribution < -0.4 is 0 Å². The molecular weight excluding hydrogens is 178 g/mol. The zero-order valence-corrected chi connectivity index (χ0v) is 9.16. The molecule has 0 unspecified atom stereocenters. The van der Waals surface area contributed by atoms with Gasteiger partial charge in [0.25, 0.3) is 0 Å². The number of hydrogen-bond acceptors (Lipinski definition) is 3. The van der Waals surface area contributed by atoms with E-state index in [1.807, 2.05) is 13.1 Å². The Balaban J connectivity index is 2.40. The van der Waals surface area contributed by atoms with Crippen molar-refractivity contribution in [3.8, 4) is 0 Å². The summed E-state index contributed by atoms with van der Waals surface area (Å²) in [5, 5.41) is 9.12. The summed E-state index contributed by atoms with van der Waals surface area (Å²) in [6.45, 7) is 6.05. The molecule has 1 heterocycles. The molecular formula is C11H19NO2. The molecule has 0 bridgehead atoms. The van der Waals surface area contributed by atoms with Gasteiger partial charge in [-0.2, -0.15) is 0 Å². The summed E-state index contributed by atoms with van der Waals surface area (Å²) in [6.07, 6.45) is 3.43. The standard InChI is InChI=1S/C11H19NO2/c1-11(2,9-13)8-12(3)6-10-4-5-14-7-10/h4-5,7,13H,6,8-9H2,1-3H3. The van der Waals surface area contributed by atoms with Crippen LogP contribution in [-0.2, 0) is 6.54 Å². The Morgan fingerprint density at radius 3 is 2.71 bits per heavy atom. The van der Waals surface area contributed by atoms with E-state index in [1.54, 1.807) is 12.5 Å². The fraction of sp³-hybridized carbons (Fsp3) is 0.636. The van der Waals surface area contributed by atoms with Gasteiger partial charge in [0, 0.05) is 30.7 Å². The van der Waals surface area contributed by atoms with Crippen molar-refractivity contribution >= 4 is 0 Å². The lowest BCUT2D eigenvalue weighted by Crippen LogP contribution is -2.33. The first kappa shape index (κ1) is 11.3. The summed E-state index contributed by atoms with van der Waals surface area (Å²) in [4.78, 5) is 2.18. The highest BCUT2D eigenvalue weighted by Crippen LogP contribution is 2.16. The van der Waals surface area contributed by atoms with Crippen molar-refractivity contribution in [2.45, 2.75) is 20.4 Å². The molecule has 0 fully saturated rings. The van der Waals surface area contributed by atoms with Crippen molar-refractivity contribution in [2.24, 2.45) is 5.41 Å². The van der Waals surface area contributed by atoms with Gasteiger partial charge >= 0.3 is 0 Å². The summed E-state index contributed by atoms with van der Waals surface area (Å²) in [5.41, 5.74) is 1.12. The van der Waals surface area contributed by atoms with E-state index in [4.69, 9.17) is 9.52 Å². The van der Waals surface area contributed by atoms with Gasteiger partial charge in [-0.25, -0.2) is 0 Å². The van der Waals surface area contributed by atoms with Crippen molar-refractivity contribution in [3.63, 3.8) is 0 Å². The Bertz CT molecular complexity index is 254. The Hall–Kier alpha value is -0.800. The van der Waals surface area contributed by atoms with Gasteiger partial charge in [0.2, 0.25) is 0 Å². The Labute approximate surface area is 85.3 Å². The monoisotopic (exact) mass is 197 g/mol. The molecule has 0 aliphatic rings. The average Bonchev–Trinajstić information content (AvgIpc) is 2.55. The number of rotatable bonds is 5. The third kappa shape index (κ3) is 3.52. The molecule has 0 aromatic carbocycles. The molecule has 0 spiro atoms. The van der Waals surface area contributed by atoms with Gasteiger partial charge in [0.15, 0.2) is 0 Å². The molecule has 0 saturated heterocycles. The predicted molar refractivity (Wildman–Crippen MR) is 55.9 cm³/mol. The van der Waals surface area contributed by atoms with Gasteiger partial charge in [0.1, 0.15) is 0 Å². The van der Waals surface area contributed by atoms with Crippen LogP contribution in [0.5, 0.6) is 0 Å². The van der Waals surface area contributed by atoms with Crippen LogP contribution in [0.1, 0.15) is 19.4 Å². The normalized spacial score (nSPS) is 12.4. The zero-order valence-electron chi connectivity index (χ0n) is 9.16. The molecule has 1 N–H and O–H groups in total. The predicted octanol–water partition coefficient (Wildman–Crippen LogP) is 1.73. The highest BCUT2D eigenvalue weighted by Gasteiger charge is 2.18. The minimum absolute atomic E-state index is 0.0432. The molecule has 0 aliphatic carbocycles. The fourth-order valence-corrected chi connectivity index (χ4v) is 1.53. The Kier molecular flexibility index (Phi) is 3.72. The first-order valence-electron chi connectivity index (χ1n) is 4.84. The summed E-state index contributed by atoms with van der Waals surface area (Å²) in [6, 6.07) is 1.96. The smallest absolute Gasteiger partial charge is 0.0947 e. The molecule has 14 heavy (non-hydrogen) atoms. The second-order valence-electron chi connectivity index (χ2n) is 4.63. The summed E-state index contributed by atoms with van der Waals surface area (Å²) in [5.74, 6) is 0. The molecule has 3 heteroatoms. The van der Waals surface area contributed by atoms with Crippen LogP contribution in [0.15, 0.2) is 23.0 Å². The summed E-state index contributed by atoms with van der Waals surface area (Å²) < 4.78 is 5.00. The van der Waals surface area contributed by atoms with Crippen LogP contribution in [0.4, 0.5) is 0 Å². The van der Waals surface area contributed by atoms with E-state index >= 15 is 0 Å². The number of aliphatic hydroxyl groups is 1. The minimum Gasteiger partial charge on any atom is -0.472 e. The SMILES string of the molecule is CN(Cc1ccoc1)CC(C)(C)CO. The van der Waals surface area contributed by atoms with Gasteiger partial charge in [-0.15, -0.1) is 0 Å². The van der Waals surface area contributed by atoms with E-state index in [0.29, 0.717) is 0 Å². The lowest BCUT2D eigenvalue weighted by Gasteiger charge is -2.28. The van der Waals surface area contributed by atoms with Gasteiger partial charge in [-0.1, -0.05) is 13.8 Å². The van der Waals surface area contributed by atoms with Crippen LogP contribution in [-0.4, -0.2) is 30.2 Å². The van der Waals surface area contributed by atoms with Crippen molar-refractivity contribution < 1.29 is 9.52 Å². The average molecular weight is 197 g/mol. The van der Waals surface area contributed by atoms with Crippen molar-refractivity contribution in [2.75, 3.05) is 20.2 Å². The summed E-state index contributed by atoms with van der Waals surface area (Å²) in [7, 11) is 2.05. The van der Waals surface area contributed by atoms with Gasteiger partial charge in [0.05, 0.1) is 12.5 Å². The molecule has 0 saturated carbocycles. The van der Waals surface area contributed by atoms with Crippen LogP contribution in [0.25, 0.3) is 0 Å². The molecule has 80 valence electrons. The maximum absolute atomic E-state index is 9.12. The molecule has 1 aromatic heterocycles. The van der Waals surface area contributed by atoms with E-state index in [-0.39, 0.29) is 12.0 Å². The summed E-state index contributed by atoms with van der Waals surface area (Å²) >= 11 is 0. The molecule has 0 amide bonds. The highest BCUT2D eigenvalue weighted by molar-refractivity contribution is 5.04. The number of furan rings is 1. The third-order valence-electron chi connectivity index (χ3n) is 2.16. The Morgan fingerprint density at radius 1 is 1.50 bits per heavy atom. The second kappa shape index (κ2) is 4.62. The molecule has 1 aromatic rings. The fourth-order valence-electron chi connectivity index (χ4n) is 1.53. The molecule has 0 aliphatic heterocycles. The van der Waals surface area contributed by atoms with Crippen LogP contribution >= 0.6 is 0 Å². The third-order valence-corrected chi connectivity index (χ3v) is 2.16. The minimum atomic E-state index is -0.0432. The quantitative estimate of drug-likeness (QED) is 0.781. The molecule has 3 nitrogen and oxygen atoms in total. The Morgan fingerprint density at radius 2 is 2.21 bits per heavy atom. The maximum atomic E-state index is 9.12. The zero-order chi connectivity index (χ0) is 10.6. The van der Waals surface area contributed by atoms with Crippen LogP contribution in [0.3, 0.4) is 0 Å². The van der Waals surface area contributed by atoms with Crippen molar-refractivity contribution in [1.29, 1.82) is 0 Å². The van der Waals surface area contributed by atoms with Gasteiger partial charge in [-0.3, -0.25) is 0 Å². The van der Waals surface area contributed by atoms with E-state index < -0.39 is 0 Å². The second-order valence-corrected chi connectivity index (χ2v) is 4.63. The first-order valence-corrected chi connectivity index (χ1v) is 4.84. The van der Waals surface area contributed by atoms with Gasteiger partial charge < -0.3 is 14.4 Å². The maximum Gasteiger partial charge on any atom is 0.0947 e. The van der Waals surface area contributed by atoms with Crippen molar-refractivity contribution in [1.82, 2.24) is 4.90 Å². The van der Waals surface area contributed by atoms with Crippen LogP contribution in [0, 0.1) is 5.41 Å².